The van der Waals surface area contributed by atoms with Gasteiger partial charge in [-0.15, -0.1) is 0 Å². The van der Waals surface area contributed by atoms with Crippen molar-refractivity contribution in [2.45, 2.75) is 77.6 Å². The molecule has 0 saturated carbocycles. The Balaban J connectivity index is 0.930. The van der Waals surface area contributed by atoms with Crippen molar-refractivity contribution < 1.29 is 0 Å². The predicted octanol–water partition coefficient (Wildman–Crippen LogP) is 26.3. The lowest BCUT2D eigenvalue weighted by atomic mass is 9.78. The molecule has 18 rings (SSSR count). The minimum Gasteiger partial charge on any atom is -0.310 e. The van der Waals surface area contributed by atoms with E-state index in [0.29, 0.717) is 5.92 Å². The van der Waals surface area contributed by atoms with Crippen molar-refractivity contribution in [1.82, 2.24) is 0 Å². The molecule has 0 aromatic heterocycles. The predicted molar refractivity (Wildman–Crippen MR) is 409 cm³/mol. The topological polar surface area (TPSA) is 6.48 Å². The first-order chi connectivity index (χ1) is 46.7. The fraction of sp³-hybridized carbons (Fsp3) is 0.128. The first-order valence-corrected chi connectivity index (χ1v) is 34.2. The molecule has 0 aliphatic heterocycles. The number of para-hydroxylation sites is 1. The Morgan fingerprint density at radius 2 is 0.615 bits per heavy atom. The highest BCUT2D eigenvalue weighted by Gasteiger charge is 2.40. The number of fused-ring (bicyclic) bond motifs is 15. The van der Waals surface area contributed by atoms with E-state index in [4.69, 9.17) is 0 Å². The minimum absolute atomic E-state index is 0.188. The van der Waals surface area contributed by atoms with Crippen molar-refractivity contribution in [3.8, 4) is 66.8 Å². The summed E-state index contributed by atoms with van der Waals surface area (Å²) in [6, 6.07) is 113. The van der Waals surface area contributed by atoms with Gasteiger partial charge in [0.2, 0.25) is 0 Å². The number of benzene rings is 15. The first kappa shape index (κ1) is 57.6. The summed E-state index contributed by atoms with van der Waals surface area (Å²) >= 11 is 0. The summed E-state index contributed by atoms with van der Waals surface area (Å²) < 4.78 is 0. The van der Waals surface area contributed by atoms with Crippen LogP contribution in [0.25, 0.3) is 110 Å². The molecule has 0 atom stereocenters. The third-order valence-corrected chi connectivity index (χ3v) is 22.1. The van der Waals surface area contributed by atoms with Gasteiger partial charge in [-0.2, -0.15) is 0 Å². The summed E-state index contributed by atoms with van der Waals surface area (Å²) in [5.41, 5.74) is 30.5. The maximum Gasteiger partial charge on any atom is 0.0468 e. The molecule has 3 aliphatic rings. The zero-order valence-corrected chi connectivity index (χ0v) is 55.8. The lowest BCUT2D eigenvalue weighted by Crippen LogP contribution is -2.16. The second kappa shape index (κ2) is 21.5. The Labute approximate surface area is 564 Å². The molecular formula is C94H74N2. The highest BCUT2D eigenvalue weighted by molar-refractivity contribution is 6.23. The van der Waals surface area contributed by atoms with E-state index < -0.39 is 0 Å². The van der Waals surface area contributed by atoms with E-state index >= 15 is 0 Å². The van der Waals surface area contributed by atoms with Crippen LogP contribution in [0, 0.1) is 0 Å². The lowest BCUT2D eigenvalue weighted by molar-refractivity contribution is 0.660. The third-order valence-electron chi connectivity index (χ3n) is 22.1. The van der Waals surface area contributed by atoms with Crippen molar-refractivity contribution in [3.63, 3.8) is 0 Å². The van der Waals surface area contributed by atoms with Crippen LogP contribution in [0.1, 0.15) is 100 Å². The first-order valence-electron chi connectivity index (χ1n) is 34.2. The van der Waals surface area contributed by atoms with Gasteiger partial charge >= 0.3 is 0 Å². The summed E-state index contributed by atoms with van der Waals surface area (Å²) in [7, 11) is 0. The van der Waals surface area contributed by atoms with Gasteiger partial charge < -0.3 is 9.80 Å². The number of hydrogen-bond donors (Lipinski definition) is 0. The Kier molecular flexibility index (Phi) is 12.9. The standard InChI is InChI=1S/C94H74N2/c1-58(2)59-31-39-68(40-32-59)96(71-43-50-75-74-29-19-20-30-84(74)92(3,4)87(75)57-71)70-45-52-79-83(56-70)89(65-38-47-77-81-49-36-63-24-16-18-28-73(63)91(81)94(7,8)86(77)54-65)78-51-44-69(95(66-25-13-10-14-26-66)67-41-33-61(34-42-67)60-21-11-9-12-22-60)55-82(78)88(79)64-37-46-76-80-48-35-62-23-15-17-27-72(62)90(80)93(5,6)85(76)53-64/h9-58H,1-8H3. The van der Waals surface area contributed by atoms with Gasteiger partial charge in [-0.25, -0.2) is 0 Å². The lowest BCUT2D eigenvalue weighted by Gasteiger charge is -2.30. The zero-order valence-electron chi connectivity index (χ0n) is 55.8. The molecule has 0 bridgehead atoms. The molecule has 0 spiro atoms. The van der Waals surface area contributed by atoms with Crippen molar-refractivity contribution in [2.75, 3.05) is 9.80 Å². The Morgan fingerprint density at radius 3 is 1.17 bits per heavy atom. The number of anilines is 6. The Hall–Kier alpha value is -11.1. The second-order valence-corrected chi connectivity index (χ2v) is 29.0. The maximum atomic E-state index is 2.56. The SMILES string of the molecule is CC(C)c1ccc(N(c2ccc3c(c2)C(C)(C)c2ccccc2-3)c2ccc3c(-c4ccc5c(c4)C(C)(C)c4c-5ccc5ccccc45)c4cc(N(c5ccccc5)c5ccc(-c6ccccc6)cc5)ccc4c(-c4ccc5c(c4)C(C)(C)c4c-5ccc5ccccc45)c3c2)cc1. The van der Waals surface area contributed by atoms with Gasteiger partial charge in [0.1, 0.15) is 0 Å². The van der Waals surface area contributed by atoms with Gasteiger partial charge in [0.25, 0.3) is 0 Å². The molecule has 3 aliphatic carbocycles. The van der Waals surface area contributed by atoms with E-state index in [-0.39, 0.29) is 16.2 Å². The van der Waals surface area contributed by atoms with Gasteiger partial charge in [-0.1, -0.05) is 268 Å². The zero-order chi connectivity index (χ0) is 64.9. The van der Waals surface area contributed by atoms with Crippen LogP contribution in [0.5, 0.6) is 0 Å². The van der Waals surface area contributed by atoms with Crippen molar-refractivity contribution >= 4 is 77.2 Å². The third kappa shape index (κ3) is 8.70. The molecule has 0 unspecified atom stereocenters. The van der Waals surface area contributed by atoms with Crippen LogP contribution in [0.4, 0.5) is 34.1 Å². The fourth-order valence-corrected chi connectivity index (χ4v) is 17.4. The van der Waals surface area contributed by atoms with Crippen LogP contribution in [0.3, 0.4) is 0 Å². The summed E-state index contributed by atoms with van der Waals surface area (Å²) in [6.45, 7) is 19.1. The van der Waals surface area contributed by atoms with E-state index in [2.05, 4.69) is 362 Å². The van der Waals surface area contributed by atoms with E-state index in [0.717, 1.165) is 34.1 Å². The Morgan fingerprint density at radius 1 is 0.240 bits per heavy atom. The highest BCUT2D eigenvalue weighted by atomic mass is 15.1. The second-order valence-electron chi connectivity index (χ2n) is 29.0. The molecule has 15 aromatic carbocycles. The molecule has 0 heterocycles. The quantitative estimate of drug-likeness (QED) is 0.126. The summed E-state index contributed by atoms with van der Waals surface area (Å²) in [6.07, 6.45) is 0. The van der Waals surface area contributed by atoms with Gasteiger partial charge in [0.15, 0.2) is 0 Å². The molecule has 0 fully saturated rings. The summed E-state index contributed by atoms with van der Waals surface area (Å²) in [4.78, 5) is 4.96. The van der Waals surface area contributed by atoms with Crippen LogP contribution >= 0.6 is 0 Å². The molecule has 0 amide bonds. The van der Waals surface area contributed by atoms with Gasteiger partial charge in [-0.3, -0.25) is 0 Å². The highest BCUT2D eigenvalue weighted by Crippen LogP contribution is 2.58. The normalized spacial score (nSPS) is 14.2. The summed E-state index contributed by atoms with van der Waals surface area (Å²) in [5.74, 6) is 0.393. The molecule has 460 valence electrons. The minimum atomic E-state index is -0.280. The molecule has 0 radical (unpaired) electrons. The fourth-order valence-electron chi connectivity index (χ4n) is 17.4. The van der Waals surface area contributed by atoms with Crippen LogP contribution in [-0.4, -0.2) is 0 Å². The molecule has 2 nitrogen and oxygen atoms in total. The average Bonchev–Trinajstić information content (AvgIpc) is 1.64. The van der Waals surface area contributed by atoms with E-state index in [1.54, 1.807) is 0 Å². The molecule has 0 N–H and O–H groups in total. The molecule has 15 aromatic rings. The van der Waals surface area contributed by atoms with Gasteiger partial charge in [0.05, 0.1) is 0 Å². The van der Waals surface area contributed by atoms with Crippen molar-refractivity contribution in [2.24, 2.45) is 0 Å². The summed E-state index contributed by atoms with van der Waals surface area (Å²) in [5, 5.41) is 9.98. The van der Waals surface area contributed by atoms with Crippen LogP contribution in [-0.2, 0) is 16.2 Å². The molecule has 96 heavy (non-hydrogen) atoms. The van der Waals surface area contributed by atoms with E-state index in [1.165, 1.54) is 149 Å². The average molecular weight is 1230 g/mol. The van der Waals surface area contributed by atoms with Crippen LogP contribution in [0.15, 0.2) is 297 Å². The van der Waals surface area contributed by atoms with Gasteiger partial charge in [0, 0.05) is 50.4 Å². The Bertz CT molecular complexity index is 5690. The van der Waals surface area contributed by atoms with Gasteiger partial charge in [-0.05, 0) is 240 Å². The van der Waals surface area contributed by atoms with Crippen molar-refractivity contribution in [3.05, 3.63) is 336 Å². The van der Waals surface area contributed by atoms with Crippen LogP contribution < -0.4 is 9.80 Å². The molecule has 2 heteroatoms. The number of hydrogen-bond acceptors (Lipinski definition) is 2. The largest absolute Gasteiger partial charge is 0.310 e. The smallest absolute Gasteiger partial charge is 0.0468 e. The number of nitrogens with zero attached hydrogens (tertiary/aromatic N) is 2. The van der Waals surface area contributed by atoms with Crippen molar-refractivity contribution in [1.29, 1.82) is 0 Å². The van der Waals surface area contributed by atoms with E-state index in [1.807, 2.05) is 0 Å². The van der Waals surface area contributed by atoms with E-state index in [9.17, 15) is 0 Å². The molecular weight excluding hydrogens is 1160 g/mol. The molecule has 0 saturated heterocycles. The van der Waals surface area contributed by atoms with Crippen LogP contribution in [0.2, 0.25) is 0 Å². The monoisotopic (exact) mass is 1230 g/mol. The maximum absolute atomic E-state index is 2.56. The number of rotatable bonds is 10.